The van der Waals surface area contributed by atoms with Crippen molar-refractivity contribution in [2.75, 3.05) is 5.32 Å². The second-order valence-corrected chi connectivity index (χ2v) is 9.22. The summed E-state index contributed by atoms with van der Waals surface area (Å²) in [6.45, 7) is 9.99. The van der Waals surface area contributed by atoms with Gasteiger partial charge < -0.3 is 19.9 Å². The molecule has 0 saturated heterocycles. The third kappa shape index (κ3) is 6.08. The molecule has 2 aromatic heterocycles. The summed E-state index contributed by atoms with van der Waals surface area (Å²) in [6, 6.07) is 3.67. The summed E-state index contributed by atoms with van der Waals surface area (Å²) in [4.78, 5) is 24.5. The lowest BCUT2D eigenvalue weighted by Crippen LogP contribution is -2.35. The zero-order valence-corrected chi connectivity index (χ0v) is 19.0. The molecule has 1 aliphatic carbocycles. The summed E-state index contributed by atoms with van der Waals surface area (Å²) in [5.41, 5.74) is 0.619. The van der Waals surface area contributed by atoms with Gasteiger partial charge in [-0.3, -0.25) is 4.79 Å². The second kappa shape index (κ2) is 9.53. The molecule has 1 saturated carbocycles. The van der Waals surface area contributed by atoms with Gasteiger partial charge in [0.15, 0.2) is 0 Å². The number of hydrogen-bond donors (Lipinski definition) is 2. The number of hydrogen-bond acceptors (Lipinski definition) is 6. The molecule has 170 valence electrons. The van der Waals surface area contributed by atoms with Gasteiger partial charge in [-0.25, -0.2) is 9.48 Å². The molecule has 1 fully saturated rings. The maximum absolute atomic E-state index is 12.5. The van der Waals surface area contributed by atoms with Crippen LogP contribution in [-0.2, 0) is 21.5 Å². The van der Waals surface area contributed by atoms with Crippen LogP contribution in [0.1, 0.15) is 77.7 Å². The maximum Gasteiger partial charge on any atom is 0.407 e. The van der Waals surface area contributed by atoms with Gasteiger partial charge in [0, 0.05) is 24.1 Å². The highest BCUT2D eigenvalue weighted by molar-refractivity contribution is 5.91. The van der Waals surface area contributed by atoms with Gasteiger partial charge >= 0.3 is 6.09 Å². The summed E-state index contributed by atoms with van der Waals surface area (Å²) in [5.74, 6) is 1.18. The van der Waals surface area contributed by atoms with Gasteiger partial charge in [-0.1, -0.05) is 12.1 Å². The third-order valence-corrected chi connectivity index (χ3v) is 5.51. The number of aromatic nitrogens is 3. The van der Waals surface area contributed by atoms with Gasteiger partial charge in [0.2, 0.25) is 5.91 Å². The first kappa shape index (κ1) is 22.8. The van der Waals surface area contributed by atoms with Crippen LogP contribution in [0.25, 0.3) is 0 Å². The number of amides is 2. The fourth-order valence-electron chi connectivity index (χ4n) is 3.73. The van der Waals surface area contributed by atoms with Gasteiger partial charge in [-0.05, 0) is 53.4 Å². The van der Waals surface area contributed by atoms with Crippen molar-refractivity contribution in [3.8, 4) is 0 Å². The van der Waals surface area contributed by atoms with E-state index in [1.54, 1.807) is 6.07 Å². The van der Waals surface area contributed by atoms with E-state index in [1.165, 1.54) is 6.20 Å². The minimum Gasteiger partial charge on any atom is -0.447 e. The highest BCUT2D eigenvalue weighted by atomic mass is 16.6. The molecule has 2 N–H and O–H groups in total. The number of carbonyl (C=O) groups is 2. The monoisotopic (exact) mass is 431 g/mol. The van der Waals surface area contributed by atoms with E-state index in [-0.39, 0.29) is 42.0 Å². The van der Waals surface area contributed by atoms with Gasteiger partial charge in [-0.15, -0.1) is 0 Å². The Kier molecular flexibility index (Phi) is 7.02. The Bertz CT molecular complexity index is 884. The molecule has 2 aromatic rings. The van der Waals surface area contributed by atoms with Crippen LogP contribution in [0.15, 0.2) is 22.9 Å². The molecule has 31 heavy (non-hydrogen) atoms. The van der Waals surface area contributed by atoms with Crippen molar-refractivity contribution in [2.24, 2.45) is 0 Å². The molecule has 3 rings (SSSR count). The predicted molar refractivity (Wildman–Crippen MR) is 116 cm³/mol. The summed E-state index contributed by atoms with van der Waals surface area (Å²) < 4.78 is 12.2. The van der Waals surface area contributed by atoms with Crippen molar-refractivity contribution in [3.63, 3.8) is 0 Å². The van der Waals surface area contributed by atoms with Crippen LogP contribution in [0.2, 0.25) is 0 Å². The molecule has 0 radical (unpaired) electrons. The van der Waals surface area contributed by atoms with E-state index in [2.05, 4.69) is 15.8 Å². The van der Waals surface area contributed by atoms with Crippen LogP contribution in [0.4, 0.5) is 10.6 Å². The average molecular weight is 432 g/mol. The standard InChI is InChI=1S/C22H33N5O4/c1-6-14(2)30-21(29)24-16-8-7-15(11-16)18-13-19(27(26-18)22(3,4)5)25-20(28)12-17-9-10-23-31-17/h9-10,13-16H,6-8,11-12H2,1-5H3,(H,24,29)(H,25,28). The predicted octanol–water partition coefficient (Wildman–Crippen LogP) is 3.97. The van der Waals surface area contributed by atoms with Gasteiger partial charge in [0.1, 0.15) is 17.7 Å². The van der Waals surface area contributed by atoms with E-state index < -0.39 is 0 Å². The largest absolute Gasteiger partial charge is 0.447 e. The summed E-state index contributed by atoms with van der Waals surface area (Å²) >= 11 is 0. The van der Waals surface area contributed by atoms with Crippen LogP contribution < -0.4 is 10.6 Å². The molecule has 0 spiro atoms. The van der Waals surface area contributed by atoms with E-state index in [9.17, 15) is 9.59 Å². The molecule has 1 aliphatic rings. The molecule has 0 aliphatic heterocycles. The van der Waals surface area contributed by atoms with E-state index >= 15 is 0 Å². The van der Waals surface area contributed by atoms with E-state index in [0.29, 0.717) is 11.6 Å². The zero-order chi connectivity index (χ0) is 22.6. The van der Waals surface area contributed by atoms with Crippen LogP contribution in [0.5, 0.6) is 0 Å². The summed E-state index contributed by atoms with van der Waals surface area (Å²) in [6.07, 6.45) is 4.54. The molecule has 0 bridgehead atoms. The topological polar surface area (TPSA) is 111 Å². The van der Waals surface area contributed by atoms with E-state index in [0.717, 1.165) is 31.4 Å². The van der Waals surface area contributed by atoms with Crippen molar-refractivity contribution in [1.82, 2.24) is 20.3 Å². The Hall–Kier alpha value is -2.84. The van der Waals surface area contributed by atoms with Gasteiger partial charge in [0.25, 0.3) is 0 Å². The third-order valence-electron chi connectivity index (χ3n) is 5.51. The molecule has 2 amide bonds. The number of rotatable bonds is 7. The number of carbonyl (C=O) groups excluding carboxylic acids is 2. The minimum atomic E-state index is -0.361. The van der Waals surface area contributed by atoms with Crippen molar-refractivity contribution < 1.29 is 18.8 Å². The number of nitrogens with zero attached hydrogens (tertiary/aromatic N) is 3. The van der Waals surface area contributed by atoms with Gasteiger partial charge in [-0.2, -0.15) is 5.10 Å². The molecule has 3 atom stereocenters. The number of alkyl carbamates (subject to hydrolysis) is 1. The van der Waals surface area contributed by atoms with Gasteiger partial charge in [0.05, 0.1) is 23.9 Å². The Morgan fingerprint density at radius 1 is 1.35 bits per heavy atom. The molecule has 3 unspecified atom stereocenters. The Morgan fingerprint density at radius 2 is 2.13 bits per heavy atom. The molecule has 0 aromatic carbocycles. The Labute approximate surface area is 182 Å². The van der Waals surface area contributed by atoms with Crippen molar-refractivity contribution in [3.05, 3.63) is 29.8 Å². The summed E-state index contributed by atoms with van der Waals surface area (Å²) in [7, 11) is 0. The first-order chi connectivity index (χ1) is 14.7. The van der Waals surface area contributed by atoms with Crippen molar-refractivity contribution in [1.29, 1.82) is 0 Å². The van der Waals surface area contributed by atoms with Crippen molar-refractivity contribution >= 4 is 17.8 Å². The average Bonchev–Trinajstić information content (AvgIpc) is 3.41. The highest BCUT2D eigenvalue weighted by Crippen LogP contribution is 2.36. The van der Waals surface area contributed by atoms with Crippen LogP contribution >= 0.6 is 0 Å². The minimum absolute atomic E-state index is 0.0610. The number of nitrogens with one attached hydrogen (secondary N) is 2. The lowest BCUT2D eigenvalue weighted by molar-refractivity contribution is -0.115. The van der Waals surface area contributed by atoms with Crippen LogP contribution in [-0.4, -0.2) is 39.1 Å². The summed E-state index contributed by atoms with van der Waals surface area (Å²) in [5, 5.41) is 14.4. The molecule has 2 heterocycles. The Balaban J connectivity index is 1.66. The second-order valence-electron chi connectivity index (χ2n) is 9.22. The van der Waals surface area contributed by atoms with E-state index in [4.69, 9.17) is 14.4 Å². The molecule has 9 nitrogen and oxygen atoms in total. The maximum atomic E-state index is 12.5. The normalized spacial score (nSPS) is 19.8. The SMILES string of the molecule is CCC(C)OC(=O)NC1CCC(c2cc(NC(=O)Cc3ccno3)n(C(C)(C)C)n2)C1. The number of ether oxygens (including phenoxy) is 1. The highest BCUT2D eigenvalue weighted by Gasteiger charge is 2.31. The molecule has 9 heteroatoms. The van der Waals surface area contributed by atoms with E-state index in [1.807, 2.05) is 45.4 Å². The number of anilines is 1. The lowest BCUT2D eigenvalue weighted by Gasteiger charge is -2.22. The smallest absolute Gasteiger partial charge is 0.407 e. The first-order valence-electron chi connectivity index (χ1n) is 10.9. The quantitative estimate of drug-likeness (QED) is 0.686. The lowest BCUT2D eigenvalue weighted by atomic mass is 10.0. The van der Waals surface area contributed by atoms with Crippen molar-refractivity contribution in [2.45, 2.75) is 90.3 Å². The fourth-order valence-corrected chi connectivity index (χ4v) is 3.73. The Morgan fingerprint density at radius 3 is 2.77 bits per heavy atom. The van der Waals surface area contributed by atoms with Crippen LogP contribution in [0, 0.1) is 0 Å². The molecular formula is C22H33N5O4. The zero-order valence-electron chi connectivity index (χ0n) is 19.0. The first-order valence-corrected chi connectivity index (χ1v) is 10.9. The fraction of sp³-hybridized carbons (Fsp3) is 0.636. The van der Waals surface area contributed by atoms with Crippen LogP contribution in [0.3, 0.4) is 0 Å². The molecular weight excluding hydrogens is 398 g/mol.